The summed E-state index contributed by atoms with van der Waals surface area (Å²) in [5.74, 6) is 0. The highest BCUT2D eigenvalue weighted by Gasteiger charge is 2.37. The monoisotopic (exact) mass is 260 g/mol. The lowest BCUT2D eigenvalue weighted by Crippen LogP contribution is -2.39. The molecular formula is C15H20N2S. The molecule has 0 unspecified atom stereocenters. The van der Waals surface area contributed by atoms with Gasteiger partial charge in [-0.1, -0.05) is 18.6 Å². The van der Waals surface area contributed by atoms with Gasteiger partial charge in [-0.25, -0.2) is 0 Å². The van der Waals surface area contributed by atoms with Gasteiger partial charge < -0.3 is 4.90 Å². The summed E-state index contributed by atoms with van der Waals surface area (Å²) in [7, 11) is 2.11. The summed E-state index contributed by atoms with van der Waals surface area (Å²) in [6, 6.07) is 11.2. The molecule has 0 N–H and O–H groups in total. The zero-order valence-electron chi connectivity index (χ0n) is 11.1. The Balaban J connectivity index is 1.90. The third-order valence-corrected chi connectivity index (χ3v) is 4.48. The molecule has 2 rings (SSSR count). The first-order valence-corrected chi connectivity index (χ1v) is 7.63. The number of hydrogen-bond donors (Lipinski definition) is 0. The van der Waals surface area contributed by atoms with Crippen LogP contribution in [0.4, 0.5) is 0 Å². The zero-order chi connectivity index (χ0) is 13.0. The number of rotatable bonds is 5. The molecule has 0 bridgehead atoms. The summed E-state index contributed by atoms with van der Waals surface area (Å²) in [5, 5.41) is 9.24. The lowest BCUT2D eigenvalue weighted by molar-refractivity contribution is 0.134. The van der Waals surface area contributed by atoms with Crippen LogP contribution in [-0.4, -0.2) is 24.7 Å². The van der Waals surface area contributed by atoms with Crippen LogP contribution in [0.2, 0.25) is 0 Å². The lowest BCUT2D eigenvalue weighted by atomic mass is 9.69. The molecular weight excluding hydrogens is 240 g/mol. The third kappa shape index (κ3) is 3.07. The number of nitrogens with zero attached hydrogens (tertiary/aromatic N) is 2. The minimum absolute atomic E-state index is 0.0615. The molecule has 3 heteroatoms. The molecule has 1 aliphatic carbocycles. The Morgan fingerprint density at radius 1 is 1.33 bits per heavy atom. The van der Waals surface area contributed by atoms with Crippen molar-refractivity contribution in [1.82, 2.24) is 4.90 Å². The van der Waals surface area contributed by atoms with Crippen molar-refractivity contribution >= 4 is 11.8 Å². The Morgan fingerprint density at radius 3 is 2.44 bits per heavy atom. The molecule has 1 saturated carbocycles. The van der Waals surface area contributed by atoms with E-state index < -0.39 is 0 Å². The van der Waals surface area contributed by atoms with Gasteiger partial charge in [0.05, 0.1) is 11.5 Å². The number of thioether (sulfide) groups is 1. The van der Waals surface area contributed by atoms with E-state index in [1.54, 1.807) is 11.8 Å². The minimum atomic E-state index is -0.0615. The van der Waals surface area contributed by atoms with Crippen molar-refractivity contribution in [2.45, 2.75) is 30.7 Å². The van der Waals surface area contributed by atoms with Crippen molar-refractivity contribution in [2.75, 3.05) is 19.8 Å². The van der Waals surface area contributed by atoms with Crippen molar-refractivity contribution < 1.29 is 0 Å². The lowest BCUT2D eigenvalue weighted by Gasteiger charge is -2.38. The Hall–Kier alpha value is -0.980. The van der Waals surface area contributed by atoms with Gasteiger partial charge in [-0.2, -0.15) is 5.26 Å². The average Bonchev–Trinajstić information content (AvgIpc) is 2.35. The second-order valence-electron chi connectivity index (χ2n) is 5.27. The molecule has 96 valence electrons. The molecule has 1 aliphatic rings. The predicted octanol–water partition coefficient (Wildman–Crippen LogP) is 3.53. The van der Waals surface area contributed by atoms with Crippen LogP contribution in [0.25, 0.3) is 0 Å². The molecule has 0 aliphatic heterocycles. The number of hydrogen-bond acceptors (Lipinski definition) is 3. The molecule has 0 aromatic heterocycles. The van der Waals surface area contributed by atoms with Crippen LogP contribution in [0.5, 0.6) is 0 Å². The Bertz CT molecular complexity index is 429. The first-order chi connectivity index (χ1) is 8.67. The van der Waals surface area contributed by atoms with Crippen LogP contribution in [0.3, 0.4) is 0 Å². The molecule has 0 saturated heterocycles. The standard InChI is InChI=1S/C15H20N2S/c1-17(12-15(11-16)8-3-9-15)10-13-4-6-14(18-2)7-5-13/h4-7H,3,8-10,12H2,1-2H3. The van der Waals surface area contributed by atoms with Gasteiger partial charge in [0.25, 0.3) is 0 Å². The molecule has 0 spiro atoms. The Kier molecular flexibility index (Phi) is 4.31. The van der Waals surface area contributed by atoms with Gasteiger partial charge in [-0.3, -0.25) is 0 Å². The molecule has 18 heavy (non-hydrogen) atoms. The predicted molar refractivity (Wildman–Crippen MR) is 76.5 cm³/mol. The summed E-state index contributed by atoms with van der Waals surface area (Å²) in [6.45, 7) is 1.83. The van der Waals surface area contributed by atoms with Crippen molar-refractivity contribution in [3.63, 3.8) is 0 Å². The van der Waals surface area contributed by atoms with Crippen molar-refractivity contribution in [3.8, 4) is 6.07 Å². The van der Waals surface area contributed by atoms with Crippen LogP contribution in [0.15, 0.2) is 29.2 Å². The number of nitriles is 1. The summed E-state index contributed by atoms with van der Waals surface area (Å²) >= 11 is 1.77. The molecule has 1 fully saturated rings. The van der Waals surface area contributed by atoms with E-state index in [1.807, 2.05) is 0 Å². The highest BCUT2D eigenvalue weighted by molar-refractivity contribution is 7.98. The van der Waals surface area contributed by atoms with E-state index in [1.165, 1.54) is 16.9 Å². The van der Waals surface area contributed by atoms with E-state index in [-0.39, 0.29) is 5.41 Å². The maximum atomic E-state index is 9.24. The van der Waals surface area contributed by atoms with Crippen LogP contribution in [-0.2, 0) is 6.54 Å². The fraction of sp³-hybridized carbons (Fsp3) is 0.533. The van der Waals surface area contributed by atoms with Gasteiger partial charge in [0.1, 0.15) is 0 Å². The van der Waals surface area contributed by atoms with Crippen molar-refractivity contribution in [3.05, 3.63) is 29.8 Å². The first kappa shape index (κ1) is 13.5. The summed E-state index contributed by atoms with van der Waals surface area (Å²) in [5.41, 5.74) is 1.26. The van der Waals surface area contributed by atoms with Gasteiger partial charge in [-0.05, 0) is 43.8 Å². The number of benzene rings is 1. The molecule has 0 amide bonds. The fourth-order valence-corrected chi connectivity index (χ4v) is 2.93. The third-order valence-electron chi connectivity index (χ3n) is 3.73. The highest BCUT2D eigenvalue weighted by atomic mass is 32.2. The average molecular weight is 260 g/mol. The van der Waals surface area contributed by atoms with Crippen LogP contribution < -0.4 is 0 Å². The second kappa shape index (κ2) is 5.77. The van der Waals surface area contributed by atoms with Crippen LogP contribution >= 0.6 is 11.8 Å². The summed E-state index contributed by atoms with van der Waals surface area (Å²) < 4.78 is 0. The molecule has 0 radical (unpaired) electrons. The quantitative estimate of drug-likeness (QED) is 0.758. The second-order valence-corrected chi connectivity index (χ2v) is 6.15. The smallest absolute Gasteiger partial charge is 0.0703 e. The first-order valence-electron chi connectivity index (χ1n) is 6.40. The molecule has 0 heterocycles. The topological polar surface area (TPSA) is 27.0 Å². The van der Waals surface area contributed by atoms with E-state index in [0.717, 1.165) is 25.9 Å². The summed E-state index contributed by atoms with van der Waals surface area (Å²) in [6.07, 6.45) is 5.44. The fourth-order valence-electron chi connectivity index (χ4n) is 2.52. The van der Waals surface area contributed by atoms with E-state index in [4.69, 9.17) is 0 Å². The van der Waals surface area contributed by atoms with Gasteiger partial charge >= 0.3 is 0 Å². The van der Waals surface area contributed by atoms with E-state index >= 15 is 0 Å². The normalized spacial score (nSPS) is 17.2. The van der Waals surface area contributed by atoms with E-state index in [9.17, 15) is 5.26 Å². The zero-order valence-corrected chi connectivity index (χ0v) is 12.0. The van der Waals surface area contributed by atoms with Gasteiger partial charge in [0.2, 0.25) is 0 Å². The highest BCUT2D eigenvalue weighted by Crippen LogP contribution is 2.40. The van der Waals surface area contributed by atoms with Gasteiger partial charge in [0, 0.05) is 18.0 Å². The Labute approximate surface area is 114 Å². The van der Waals surface area contributed by atoms with Gasteiger partial charge in [0.15, 0.2) is 0 Å². The summed E-state index contributed by atoms with van der Waals surface area (Å²) in [4.78, 5) is 3.57. The molecule has 0 atom stereocenters. The Morgan fingerprint density at radius 2 is 2.00 bits per heavy atom. The molecule has 2 nitrogen and oxygen atoms in total. The minimum Gasteiger partial charge on any atom is -0.301 e. The largest absolute Gasteiger partial charge is 0.301 e. The van der Waals surface area contributed by atoms with E-state index in [0.29, 0.717) is 0 Å². The maximum Gasteiger partial charge on any atom is 0.0703 e. The SMILES string of the molecule is CSc1ccc(CN(C)CC2(C#N)CCC2)cc1. The van der Waals surface area contributed by atoms with Crippen LogP contribution in [0.1, 0.15) is 24.8 Å². The van der Waals surface area contributed by atoms with Crippen LogP contribution in [0, 0.1) is 16.7 Å². The molecule has 1 aromatic carbocycles. The maximum absolute atomic E-state index is 9.24. The molecule has 1 aromatic rings. The van der Waals surface area contributed by atoms with E-state index in [2.05, 4.69) is 48.5 Å². The van der Waals surface area contributed by atoms with Gasteiger partial charge in [-0.15, -0.1) is 11.8 Å². The van der Waals surface area contributed by atoms with Crippen molar-refractivity contribution in [1.29, 1.82) is 5.26 Å². The van der Waals surface area contributed by atoms with Crippen molar-refractivity contribution in [2.24, 2.45) is 5.41 Å².